The van der Waals surface area contributed by atoms with Crippen molar-refractivity contribution in [2.75, 3.05) is 13.1 Å². The van der Waals surface area contributed by atoms with Crippen LogP contribution in [0.25, 0.3) is 0 Å². The van der Waals surface area contributed by atoms with Gasteiger partial charge in [-0.25, -0.2) is 0 Å². The van der Waals surface area contributed by atoms with Crippen LogP contribution in [0.15, 0.2) is 36.4 Å². The normalized spacial score (nSPS) is 14.8. The monoisotopic (exact) mass is 187 g/mol. The number of rotatable bonds is 1. The third-order valence-electron chi connectivity index (χ3n) is 2.40. The minimum atomic E-state index is 0.120. The Bertz CT molecular complexity index is 356. The third kappa shape index (κ3) is 1.69. The molecule has 0 saturated heterocycles. The first-order chi connectivity index (χ1) is 6.77. The van der Waals surface area contributed by atoms with Crippen LogP contribution in [0, 0.1) is 6.92 Å². The first kappa shape index (κ1) is 9.00. The van der Waals surface area contributed by atoms with Crippen LogP contribution in [0.4, 0.5) is 0 Å². The van der Waals surface area contributed by atoms with Crippen molar-refractivity contribution < 1.29 is 4.79 Å². The van der Waals surface area contributed by atoms with Gasteiger partial charge in [0.25, 0.3) is 5.91 Å². The van der Waals surface area contributed by atoms with E-state index in [1.165, 1.54) is 5.56 Å². The van der Waals surface area contributed by atoms with E-state index in [9.17, 15) is 4.79 Å². The van der Waals surface area contributed by atoms with Gasteiger partial charge in [0.2, 0.25) is 0 Å². The van der Waals surface area contributed by atoms with Crippen molar-refractivity contribution in [1.82, 2.24) is 4.90 Å². The molecule has 1 amide bonds. The third-order valence-corrected chi connectivity index (χ3v) is 2.40. The molecule has 0 atom stereocenters. The summed E-state index contributed by atoms with van der Waals surface area (Å²) in [5, 5.41) is 0. The molecule has 1 aromatic carbocycles. The minimum Gasteiger partial charge on any atom is -0.331 e. The Morgan fingerprint density at radius 1 is 1.14 bits per heavy atom. The molecule has 0 N–H and O–H groups in total. The van der Waals surface area contributed by atoms with Gasteiger partial charge in [0, 0.05) is 18.7 Å². The molecule has 1 aromatic rings. The Morgan fingerprint density at radius 2 is 1.71 bits per heavy atom. The van der Waals surface area contributed by atoms with Gasteiger partial charge in [0.05, 0.1) is 0 Å². The van der Waals surface area contributed by atoms with E-state index in [-0.39, 0.29) is 5.91 Å². The van der Waals surface area contributed by atoms with Crippen molar-refractivity contribution in [1.29, 1.82) is 0 Å². The van der Waals surface area contributed by atoms with Gasteiger partial charge in [-0.3, -0.25) is 4.79 Å². The Labute approximate surface area is 83.8 Å². The standard InChI is InChI=1S/C12H13NO/c1-10-4-6-11(7-5-10)12(14)13-8-2-3-9-13/h2-7H,8-9H2,1H3. The van der Waals surface area contributed by atoms with Crippen molar-refractivity contribution in [3.63, 3.8) is 0 Å². The van der Waals surface area contributed by atoms with Gasteiger partial charge in [-0.1, -0.05) is 29.8 Å². The molecule has 2 rings (SSSR count). The van der Waals surface area contributed by atoms with Crippen molar-refractivity contribution >= 4 is 5.91 Å². The van der Waals surface area contributed by atoms with E-state index < -0.39 is 0 Å². The van der Waals surface area contributed by atoms with Crippen molar-refractivity contribution in [3.8, 4) is 0 Å². The molecule has 2 heteroatoms. The van der Waals surface area contributed by atoms with Crippen molar-refractivity contribution in [3.05, 3.63) is 47.5 Å². The second kappa shape index (κ2) is 3.66. The summed E-state index contributed by atoms with van der Waals surface area (Å²) in [4.78, 5) is 13.7. The number of nitrogens with zero attached hydrogens (tertiary/aromatic N) is 1. The lowest BCUT2D eigenvalue weighted by Crippen LogP contribution is -2.28. The van der Waals surface area contributed by atoms with Gasteiger partial charge in [0.1, 0.15) is 0 Å². The van der Waals surface area contributed by atoms with Gasteiger partial charge >= 0.3 is 0 Å². The molecule has 1 heterocycles. The fourth-order valence-corrected chi connectivity index (χ4v) is 1.52. The average molecular weight is 187 g/mol. The fourth-order valence-electron chi connectivity index (χ4n) is 1.52. The fraction of sp³-hybridized carbons (Fsp3) is 0.250. The van der Waals surface area contributed by atoms with Crippen LogP contribution < -0.4 is 0 Å². The molecule has 0 aromatic heterocycles. The van der Waals surface area contributed by atoms with Crippen LogP contribution in [0.2, 0.25) is 0 Å². The Balaban J connectivity index is 2.14. The lowest BCUT2D eigenvalue weighted by atomic mass is 10.1. The summed E-state index contributed by atoms with van der Waals surface area (Å²) in [5.74, 6) is 0.120. The molecule has 0 saturated carbocycles. The van der Waals surface area contributed by atoms with E-state index in [1.807, 2.05) is 48.2 Å². The number of carbonyl (C=O) groups is 1. The highest BCUT2D eigenvalue weighted by molar-refractivity contribution is 5.94. The van der Waals surface area contributed by atoms with Crippen LogP contribution in [0.5, 0.6) is 0 Å². The van der Waals surface area contributed by atoms with Crippen LogP contribution in [0.3, 0.4) is 0 Å². The van der Waals surface area contributed by atoms with Crippen LogP contribution >= 0.6 is 0 Å². The van der Waals surface area contributed by atoms with E-state index in [0.29, 0.717) is 0 Å². The zero-order valence-electron chi connectivity index (χ0n) is 8.23. The molecule has 0 bridgehead atoms. The van der Waals surface area contributed by atoms with Gasteiger partial charge in [0.15, 0.2) is 0 Å². The van der Waals surface area contributed by atoms with Gasteiger partial charge < -0.3 is 4.90 Å². The number of hydrogen-bond donors (Lipinski definition) is 0. The number of aryl methyl sites for hydroxylation is 1. The Hall–Kier alpha value is -1.57. The van der Waals surface area contributed by atoms with Gasteiger partial charge in [-0.15, -0.1) is 0 Å². The molecule has 0 aliphatic carbocycles. The molecule has 0 unspecified atom stereocenters. The van der Waals surface area contributed by atoms with Crippen LogP contribution in [-0.4, -0.2) is 23.9 Å². The number of carbonyl (C=O) groups excluding carboxylic acids is 1. The number of amides is 1. The maximum atomic E-state index is 11.8. The van der Waals surface area contributed by atoms with Gasteiger partial charge in [-0.05, 0) is 19.1 Å². The largest absolute Gasteiger partial charge is 0.331 e. The second-order valence-electron chi connectivity index (χ2n) is 3.55. The van der Waals surface area contributed by atoms with E-state index >= 15 is 0 Å². The van der Waals surface area contributed by atoms with E-state index in [2.05, 4.69) is 0 Å². The van der Waals surface area contributed by atoms with Crippen LogP contribution in [0.1, 0.15) is 15.9 Å². The van der Waals surface area contributed by atoms with Crippen LogP contribution in [-0.2, 0) is 0 Å². The van der Waals surface area contributed by atoms with E-state index in [4.69, 9.17) is 0 Å². The second-order valence-corrected chi connectivity index (χ2v) is 3.55. The zero-order valence-corrected chi connectivity index (χ0v) is 8.23. The highest BCUT2D eigenvalue weighted by Gasteiger charge is 2.15. The lowest BCUT2D eigenvalue weighted by Gasteiger charge is -2.15. The molecule has 72 valence electrons. The molecular weight excluding hydrogens is 174 g/mol. The van der Waals surface area contributed by atoms with E-state index in [0.717, 1.165) is 18.7 Å². The molecule has 14 heavy (non-hydrogen) atoms. The quantitative estimate of drug-likeness (QED) is 0.616. The highest BCUT2D eigenvalue weighted by Crippen LogP contribution is 2.09. The summed E-state index contributed by atoms with van der Waals surface area (Å²) in [6, 6.07) is 7.71. The predicted molar refractivity (Wildman–Crippen MR) is 56.2 cm³/mol. The lowest BCUT2D eigenvalue weighted by molar-refractivity contribution is 0.0800. The number of hydrogen-bond acceptors (Lipinski definition) is 1. The smallest absolute Gasteiger partial charge is 0.254 e. The van der Waals surface area contributed by atoms with Crippen molar-refractivity contribution in [2.24, 2.45) is 0 Å². The summed E-state index contributed by atoms with van der Waals surface area (Å²) >= 11 is 0. The molecule has 2 nitrogen and oxygen atoms in total. The van der Waals surface area contributed by atoms with Crippen molar-refractivity contribution in [2.45, 2.75) is 6.92 Å². The first-order valence-electron chi connectivity index (χ1n) is 4.78. The van der Waals surface area contributed by atoms with E-state index in [1.54, 1.807) is 0 Å². The zero-order chi connectivity index (χ0) is 9.97. The first-order valence-corrected chi connectivity index (χ1v) is 4.78. The summed E-state index contributed by atoms with van der Waals surface area (Å²) in [6.07, 6.45) is 4.04. The summed E-state index contributed by atoms with van der Waals surface area (Å²) < 4.78 is 0. The average Bonchev–Trinajstić information content (AvgIpc) is 2.71. The predicted octanol–water partition coefficient (Wildman–Crippen LogP) is 2.01. The molecule has 0 spiro atoms. The molecular formula is C12H13NO. The SMILES string of the molecule is Cc1ccc(C(=O)N2CC=CC2)cc1. The van der Waals surface area contributed by atoms with Gasteiger partial charge in [-0.2, -0.15) is 0 Å². The maximum Gasteiger partial charge on any atom is 0.254 e. The minimum absolute atomic E-state index is 0.120. The Morgan fingerprint density at radius 3 is 2.29 bits per heavy atom. The highest BCUT2D eigenvalue weighted by atomic mass is 16.2. The molecule has 1 aliphatic heterocycles. The summed E-state index contributed by atoms with van der Waals surface area (Å²) in [5.41, 5.74) is 1.96. The molecule has 0 radical (unpaired) electrons. The topological polar surface area (TPSA) is 20.3 Å². The summed E-state index contributed by atoms with van der Waals surface area (Å²) in [7, 11) is 0. The number of benzene rings is 1. The summed E-state index contributed by atoms with van der Waals surface area (Å²) in [6.45, 7) is 3.51. The Kier molecular flexibility index (Phi) is 2.35. The molecule has 0 fully saturated rings. The maximum absolute atomic E-state index is 11.8. The molecule has 1 aliphatic rings.